The van der Waals surface area contributed by atoms with Gasteiger partial charge in [-0.1, -0.05) is 23.2 Å². The van der Waals surface area contributed by atoms with Gasteiger partial charge in [-0.25, -0.2) is 4.39 Å². The lowest BCUT2D eigenvalue weighted by atomic mass is 10.1. The van der Waals surface area contributed by atoms with Gasteiger partial charge in [-0.15, -0.1) is 0 Å². The number of rotatable bonds is 4. The quantitative estimate of drug-likeness (QED) is 0.357. The van der Waals surface area contributed by atoms with Crippen molar-refractivity contribution in [1.29, 1.82) is 0 Å². The van der Waals surface area contributed by atoms with Crippen molar-refractivity contribution in [2.45, 2.75) is 6.92 Å². The van der Waals surface area contributed by atoms with E-state index in [9.17, 15) is 9.18 Å². The first-order valence-corrected chi connectivity index (χ1v) is 5.29. The Kier molecular flexibility index (Phi) is 4.77. The highest BCUT2D eigenvalue weighted by molar-refractivity contribution is 6.37. The molecule has 0 radical (unpaired) electrons. The van der Waals surface area contributed by atoms with E-state index in [0.29, 0.717) is 6.61 Å². The minimum absolute atomic E-state index is 0.0551. The zero-order valence-electron chi connectivity index (χ0n) is 8.47. The van der Waals surface area contributed by atoms with Crippen LogP contribution in [0.4, 0.5) is 4.39 Å². The lowest BCUT2D eigenvalue weighted by Gasteiger charge is -2.02. The molecule has 86 valence electrons. The molecular weight excluding hydrogens is 254 g/mol. The van der Waals surface area contributed by atoms with E-state index in [1.54, 1.807) is 6.92 Å². The van der Waals surface area contributed by atoms with Crippen molar-refractivity contribution in [1.82, 2.24) is 0 Å². The van der Waals surface area contributed by atoms with E-state index >= 15 is 0 Å². The summed E-state index contributed by atoms with van der Waals surface area (Å²) in [6.45, 7) is 2.23. The summed E-state index contributed by atoms with van der Waals surface area (Å²) in [6, 6.07) is 2.20. The van der Waals surface area contributed by atoms with Crippen molar-refractivity contribution in [2.24, 2.45) is 0 Å². The maximum Gasteiger partial charge on any atom is 0.190 e. The van der Waals surface area contributed by atoms with Crippen molar-refractivity contribution >= 4 is 29.0 Å². The third kappa shape index (κ3) is 3.22. The third-order valence-electron chi connectivity index (χ3n) is 1.76. The second-order valence-electron chi connectivity index (χ2n) is 2.87. The number of carbonyl (C=O) groups excluding carboxylic acids is 1. The van der Waals surface area contributed by atoms with Crippen molar-refractivity contribution in [3.8, 4) is 0 Å². The summed E-state index contributed by atoms with van der Waals surface area (Å²) in [6.07, 6.45) is 2.42. The molecule has 1 rings (SSSR count). The number of carbonyl (C=O) groups is 1. The van der Waals surface area contributed by atoms with Crippen LogP contribution in [-0.4, -0.2) is 12.4 Å². The highest BCUT2D eigenvalue weighted by atomic mass is 35.5. The van der Waals surface area contributed by atoms with Gasteiger partial charge in [0.2, 0.25) is 0 Å². The normalized spacial score (nSPS) is 10.8. The van der Waals surface area contributed by atoms with Gasteiger partial charge in [-0.3, -0.25) is 4.79 Å². The van der Waals surface area contributed by atoms with Crippen molar-refractivity contribution in [3.05, 3.63) is 45.9 Å². The van der Waals surface area contributed by atoms with Crippen LogP contribution in [0.5, 0.6) is 0 Å². The summed E-state index contributed by atoms with van der Waals surface area (Å²) in [4.78, 5) is 11.5. The molecule has 0 unspecified atom stereocenters. The molecule has 0 bridgehead atoms. The Bertz CT molecular complexity index is 430. The molecule has 0 aliphatic carbocycles. The van der Waals surface area contributed by atoms with Gasteiger partial charge in [0.1, 0.15) is 5.82 Å². The topological polar surface area (TPSA) is 26.3 Å². The van der Waals surface area contributed by atoms with E-state index in [1.165, 1.54) is 18.4 Å². The summed E-state index contributed by atoms with van der Waals surface area (Å²) in [5, 5.41) is -0.00659. The van der Waals surface area contributed by atoms with Crippen molar-refractivity contribution in [3.63, 3.8) is 0 Å². The lowest BCUT2D eigenvalue weighted by Crippen LogP contribution is -1.97. The lowest BCUT2D eigenvalue weighted by molar-refractivity contribution is 0.104. The van der Waals surface area contributed by atoms with Gasteiger partial charge in [0.15, 0.2) is 5.78 Å². The molecule has 0 heterocycles. The molecule has 0 saturated heterocycles. The molecule has 0 amide bonds. The smallest absolute Gasteiger partial charge is 0.190 e. The molecule has 0 saturated carbocycles. The minimum atomic E-state index is -0.681. The van der Waals surface area contributed by atoms with E-state index in [4.69, 9.17) is 27.9 Å². The second-order valence-corrected chi connectivity index (χ2v) is 3.68. The van der Waals surface area contributed by atoms with Gasteiger partial charge < -0.3 is 4.74 Å². The van der Waals surface area contributed by atoms with Gasteiger partial charge in [-0.05, 0) is 19.1 Å². The van der Waals surface area contributed by atoms with Gasteiger partial charge >= 0.3 is 0 Å². The Balaban J connectivity index is 2.96. The Morgan fingerprint density at radius 2 is 2.12 bits per heavy atom. The standard InChI is InChI=1S/C11H9Cl2FO2/c1-2-16-4-3-11(15)7-5-10(14)9(13)6-8(7)12/h3-6H,2H2,1H3. The largest absolute Gasteiger partial charge is 0.501 e. The van der Waals surface area contributed by atoms with Crippen LogP contribution in [0.25, 0.3) is 0 Å². The summed E-state index contributed by atoms with van der Waals surface area (Å²) in [7, 11) is 0. The van der Waals surface area contributed by atoms with Crippen LogP contribution >= 0.6 is 23.2 Å². The maximum atomic E-state index is 13.1. The molecule has 1 aromatic rings. The minimum Gasteiger partial charge on any atom is -0.501 e. The Morgan fingerprint density at radius 1 is 1.44 bits per heavy atom. The second kappa shape index (κ2) is 5.87. The predicted molar refractivity (Wildman–Crippen MR) is 61.5 cm³/mol. The first-order chi connectivity index (χ1) is 7.56. The molecule has 0 aliphatic heterocycles. The van der Waals surface area contributed by atoms with Crippen LogP contribution in [0.1, 0.15) is 17.3 Å². The van der Waals surface area contributed by atoms with Crippen molar-refractivity contribution in [2.75, 3.05) is 6.61 Å². The first-order valence-electron chi connectivity index (χ1n) is 4.53. The third-order valence-corrected chi connectivity index (χ3v) is 2.36. The average molecular weight is 263 g/mol. The molecular formula is C11H9Cl2FO2. The summed E-state index contributed by atoms with van der Waals surface area (Å²) < 4.78 is 18.0. The maximum absolute atomic E-state index is 13.1. The molecule has 16 heavy (non-hydrogen) atoms. The van der Waals surface area contributed by atoms with Crippen LogP contribution < -0.4 is 0 Å². The number of ether oxygens (including phenoxy) is 1. The van der Waals surface area contributed by atoms with Gasteiger partial charge in [0, 0.05) is 11.6 Å². The van der Waals surface area contributed by atoms with E-state index in [-0.39, 0.29) is 15.6 Å². The molecule has 1 aromatic carbocycles. The van der Waals surface area contributed by atoms with E-state index < -0.39 is 11.6 Å². The van der Waals surface area contributed by atoms with Crippen LogP contribution in [-0.2, 0) is 4.74 Å². The number of hydrogen-bond donors (Lipinski definition) is 0. The van der Waals surface area contributed by atoms with Crippen LogP contribution in [0, 0.1) is 5.82 Å². The SMILES string of the molecule is CCOC=CC(=O)c1cc(F)c(Cl)cc1Cl. The molecule has 0 spiro atoms. The summed E-state index contributed by atoms with van der Waals surface area (Å²) in [5.41, 5.74) is 0.0551. The molecule has 0 N–H and O–H groups in total. The fourth-order valence-corrected chi connectivity index (χ4v) is 1.48. The van der Waals surface area contributed by atoms with Crippen molar-refractivity contribution < 1.29 is 13.9 Å². The first kappa shape index (κ1) is 13.0. The van der Waals surface area contributed by atoms with Crippen LogP contribution in [0.15, 0.2) is 24.5 Å². The fraction of sp³-hybridized carbons (Fsp3) is 0.182. The number of allylic oxidation sites excluding steroid dienone is 1. The molecule has 0 aromatic heterocycles. The van der Waals surface area contributed by atoms with Crippen LogP contribution in [0.2, 0.25) is 10.0 Å². The number of hydrogen-bond acceptors (Lipinski definition) is 2. The summed E-state index contributed by atoms with van der Waals surface area (Å²) >= 11 is 11.3. The monoisotopic (exact) mass is 262 g/mol. The molecule has 0 fully saturated rings. The van der Waals surface area contributed by atoms with Gasteiger partial charge in [0.05, 0.1) is 22.9 Å². The Morgan fingerprint density at radius 3 is 2.75 bits per heavy atom. The molecule has 2 nitrogen and oxygen atoms in total. The average Bonchev–Trinajstić information content (AvgIpc) is 2.23. The number of benzene rings is 1. The van der Waals surface area contributed by atoms with E-state index in [2.05, 4.69) is 0 Å². The zero-order valence-corrected chi connectivity index (χ0v) is 9.98. The molecule has 5 heteroatoms. The van der Waals surface area contributed by atoms with E-state index in [1.807, 2.05) is 0 Å². The van der Waals surface area contributed by atoms with Gasteiger partial charge in [-0.2, -0.15) is 0 Å². The number of halogens is 3. The fourth-order valence-electron chi connectivity index (χ4n) is 1.01. The van der Waals surface area contributed by atoms with Gasteiger partial charge in [0.25, 0.3) is 0 Å². The molecule has 0 atom stereocenters. The molecule has 0 aliphatic rings. The van der Waals surface area contributed by atoms with Crippen LogP contribution in [0.3, 0.4) is 0 Å². The predicted octanol–water partition coefficient (Wildman–Crippen LogP) is 3.87. The highest BCUT2D eigenvalue weighted by Gasteiger charge is 2.11. The Labute approximate surface area is 103 Å². The Hall–Kier alpha value is -1.06. The summed E-state index contributed by atoms with van der Waals surface area (Å²) in [5.74, 6) is -1.12. The highest BCUT2D eigenvalue weighted by Crippen LogP contribution is 2.24. The van der Waals surface area contributed by atoms with E-state index in [0.717, 1.165) is 6.07 Å². The number of ketones is 1. The zero-order chi connectivity index (χ0) is 12.1.